The zero-order chi connectivity index (χ0) is 14.4. The smallest absolute Gasteiger partial charge is 0.0681 e. The highest BCUT2D eigenvalue weighted by atomic mass is 16.3. The van der Waals surface area contributed by atoms with Gasteiger partial charge in [-0.2, -0.15) is 0 Å². The molecule has 0 aromatic heterocycles. The van der Waals surface area contributed by atoms with Crippen LogP contribution in [0.25, 0.3) is 0 Å². The molecule has 20 heavy (non-hydrogen) atoms. The summed E-state index contributed by atoms with van der Waals surface area (Å²) in [6.45, 7) is 2.44. The first-order valence-corrected chi connectivity index (χ1v) is 6.87. The Balaban J connectivity index is 1.99. The molecule has 2 rings (SSSR count). The number of aliphatic hydroxyl groups excluding tert-OH is 1. The molecule has 0 atom stereocenters. The van der Waals surface area contributed by atoms with Crippen LogP contribution >= 0.6 is 0 Å². The van der Waals surface area contributed by atoms with Gasteiger partial charge < -0.3 is 10.8 Å². The SMILES string of the molecule is CN(Cc1ccc(CO)cc1)Cc1ccccc1CN. The summed E-state index contributed by atoms with van der Waals surface area (Å²) in [6, 6.07) is 16.4. The van der Waals surface area contributed by atoms with Crippen molar-refractivity contribution in [3.8, 4) is 0 Å². The number of benzene rings is 2. The highest BCUT2D eigenvalue weighted by Gasteiger charge is 2.05. The fraction of sp³-hybridized carbons (Fsp3) is 0.294. The van der Waals surface area contributed by atoms with Gasteiger partial charge in [0, 0.05) is 19.6 Å². The second kappa shape index (κ2) is 7.20. The third kappa shape index (κ3) is 3.90. The summed E-state index contributed by atoms with van der Waals surface area (Å²) in [4.78, 5) is 2.27. The number of nitrogens with two attached hydrogens (primary N) is 1. The summed E-state index contributed by atoms with van der Waals surface area (Å²) in [6.07, 6.45) is 0. The topological polar surface area (TPSA) is 49.5 Å². The molecular formula is C17H22N2O. The Labute approximate surface area is 120 Å². The number of hydrogen-bond acceptors (Lipinski definition) is 3. The lowest BCUT2D eigenvalue weighted by atomic mass is 10.1. The molecule has 0 aliphatic rings. The lowest BCUT2D eigenvalue weighted by Gasteiger charge is -2.18. The van der Waals surface area contributed by atoms with E-state index in [1.165, 1.54) is 16.7 Å². The maximum absolute atomic E-state index is 9.04. The second-order valence-corrected chi connectivity index (χ2v) is 5.12. The second-order valence-electron chi connectivity index (χ2n) is 5.12. The fourth-order valence-electron chi connectivity index (χ4n) is 2.32. The van der Waals surface area contributed by atoms with Crippen molar-refractivity contribution in [1.82, 2.24) is 4.90 Å². The Morgan fingerprint density at radius 2 is 1.50 bits per heavy atom. The van der Waals surface area contributed by atoms with Crippen molar-refractivity contribution in [2.24, 2.45) is 5.73 Å². The third-order valence-corrected chi connectivity index (χ3v) is 3.44. The highest BCUT2D eigenvalue weighted by Crippen LogP contribution is 2.13. The molecule has 3 heteroatoms. The molecule has 0 spiro atoms. The van der Waals surface area contributed by atoms with E-state index in [1.54, 1.807) is 0 Å². The van der Waals surface area contributed by atoms with Crippen LogP contribution in [0.2, 0.25) is 0 Å². The summed E-state index contributed by atoms with van der Waals surface area (Å²) < 4.78 is 0. The molecule has 3 nitrogen and oxygen atoms in total. The molecular weight excluding hydrogens is 248 g/mol. The molecule has 106 valence electrons. The van der Waals surface area contributed by atoms with Crippen LogP contribution in [0.3, 0.4) is 0 Å². The van der Waals surface area contributed by atoms with Crippen molar-refractivity contribution in [1.29, 1.82) is 0 Å². The van der Waals surface area contributed by atoms with Crippen LogP contribution in [0.5, 0.6) is 0 Å². The molecule has 2 aromatic carbocycles. The van der Waals surface area contributed by atoms with E-state index in [9.17, 15) is 0 Å². The van der Waals surface area contributed by atoms with Gasteiger partial charge in [-0.1, -0.05) is 48.5 Å². The monoisotopic (exact) mass is 270 g/mol. The zero-order valence-corrected chi connectivity index (χ0v) is 11.9. The Bertz CT molecular complexity index is 537. The number of nitrogens with zero attached hydrogens (tertiary/aromatic N) is 1. The van der Waals surface area contributed by atoms with Crippen molar-refractivity contribution in [2.45, 2.75) is 26.2 Å². The Morgan fingerprint density at radius 1 is 0.900 bits per heavy atom. The van der Waals surface area contributed by atoms with E-state index < -0.39 is 0 Å². The van der Waals surface area contributed by atoms with E-state index in [0.29, 0.717) is 6.54 Å². The molecule has 0 aliphatic heterocycles. The normalized spacial score (nSPS) is 11.0. The van der Waals surface area contributed by atoms with Crippen molar-refractivity contribution in [3.63, 3.8) is 0 Å². The molecule has 0 radical (unpaired) electrons. The average molecular weight is 270 g/mol. The minimum Gasteiger partial charge on any atom is -0.392 e. The largest absolute Gasteiger partial charge is 0.392 e. The summed E-state index contributed by atoms with van der Waals surface area (Å²) in [5.41, 5.74) is 10.4. The number of aliphatic hydroxyl groups is 1. The Hall–Kier alpha value is -1.68. The molecule has 0 heterocycles. The van der Waals surface area contributed by atoms with Crippen molar-refractivity contribution in [3.05, 3.63) is 70.8 Å². The van der Waals surface area contributed by atoms with Crippen molar-refractivity contribution >= 4 is 0 Å². The van der Waals surface area contributed by atoms with Gasteiger partial charge in [0.15, 0.2) is 0 Å². The van der Waals surface area contributed by atoms with Gasteiger partial charge in [0.1, 0.15) is 0 Å². The van der Waals surface area contributed by atoms with Crippen LogP contribution in [0, 0.1) is 0 Å². The first kappa shape index (κ1) is 14.7. The molecule has 0 fully saturated rings. The Kier molecular flexibility index (Phi) is 5.30. The van der Waals surface area contributed by atoms with E-state index in [2.05, 4.69) is 42.3 Å². The minimum absolute atomic E-state index is 0.0972. The standard InChI is InChI=1S/C17H22N2O/c1-19(11-14-6-8-15(13-20)9-7-14)12-17-5-3-2-4-16(17)10-18/h2-9,20H,10-13,18H2,1H3. The van der Waals surface area contributed by atoms with E-state index >= 15 is 0 Å². The summed E-state index contributed by atoms with van der Waals surface area (Å²) in [5.74, 6) is 0. The van der Waals surface area contributed by atoms with Gasteiger partial charge >= 0.3 is 0 Å². The first-order chi connectivity index (χ1) is 9.72. The van der Waals surface area contributed by atoms with Gasteiger partial charge in [-0.05, 0) is 29.3 Å². The summed E-state index contributed by atoms with van der Waals surface area (Å²) in [7, 11) is 2.10. The van der Waals surface area contributed by atoms with Crippen LogP contribution in [-0.4, -0.2) is 17.1 Å². The molecule has 0 unspecified atom stereocenters. The molecule has 0 bridgehead atoms. The van der Waals surface area contributed by atoms with Gasteiger partial charge in [-0.3, -0.25) is 4.90 Å². The van der Waals surface area contributed by atoms with E-state index in [4.69, 9.17) is 10.8 Å². The Morgan fingerprint density at radius 3 is 2.10 bits per heavy atom. The molecule has 0 aliphatic carbocycles. The summed E-state index contributed by atoms with van der Waals surface area (Å²) >= 11 is 0. The van der Waals surface area contributed by atoms with E-state index in [0.717, 1.165) is 18.7 Å². The van der Waals surface area contributed by atoms with Gasteiger partial charge in [0.2, 0.25) is 0 Å². The van der Waals surface area contributed by atoms with Gasteiger partial charge in [0.25, 0.3) is 0 Å². The highest BCUT2D eigenvalue weighted by molar-refractivity contribution is 5.27. The average Bonchev–Trinajstić information content (AvgIpc) is 2.48. The summed E-state index contributed by atoms with van der Waals surface area (Å²) in [5, 5.41) is 9.04. The van der Waals surface area contributed by atoms with Crippen molar-refractivity contribution in [2.75, 3.05) is 7.05 Å². The predicted molar refractivity (Wildman–Crippen MR) is 81.9 cm³/mol. The lowest BCUT2D eigenvalue weighted by molar-refractivity contribution is 0.281. The molecule has 3 N–H and O–H groups in total. The van der Waals surface area contributed by atoms with Gasteiger partial charge in [-0.25, -0.2) is 0 Å². The predicted octanol–water partition coefficient (Wildman–Crippen LogP) is 2.27. The van der Waals surface area contributed by atoms with Crippen molar-refractivity contribution < 1.29 is 5.11 Å². The van der Waals surface area contributed by atoms with E-state index in [1.807, 2.05) is 18.2 Å². The van der Waals surface area contributed by atoms with Crippen LogP contribution in [0.15, 0.2) is 48.5 Å². The first-order valence-electron chi connectivity index (χ1n) is 6.87. The molecule has 0 saturated heterocycles. The maximum atomic E-state index is 9.04. The van der Waals surface area contributed by atoms with Crippen LogP contribution < -0.4 is 5.73 Å². The van der Waals surface area contributed by atoms with Crippen LogP contribution in [0.4, 0.5) is 0 Å². The van der Waals surface area contributed by atoms with E-state index in [-0.39, 0.29) is 6.61 Å². The third-order valence-electron chi connectivity index (χ3n) is 3.44. The molecule has 0 amide bonds. The maximum Gasteiger partial charge on any atom is 0.0681 e. The van der Waals surface area contributed by atoms with Crippen LogP contribution in [-0.2, 0) is 26.2 Å². The van der Waals surface area contributed by atoms with Gasteiger partial charge in [-0.15, -0.1) is 0 Å². The minimum atomic E-state index is 0.0972. The zero-order valence-electron chi connectivity index (χ0n) is 11.9. The molecule has 0 saturated carbocycles. The van der Waals surface area contributed by atoms with Gasteiger partial charge in [0.05, 0.1) is 6.61 Å². The fourth-order valence-corrected chi connectivity index (χ4v) is 2.32. The van der Waals surface area contributed by atoms with Crippen LogP contribution in [0.1, 0.15) is 22.3 Å². The molecule has 2 aromatic rings. The number of rotatable bonds is 6. The quantitative estimate of drug-likeness (QED) is 0.846. The lowest BCUT2D eigenvalue weighted by Crippen LogP contribution is -2.18. The number of hydrogen-bond donors (Lipinski definition) is 2.